The van der Waals surface area contributed by atoms with Gasteiger partial charge in [-0.15, -0.1) is 0 Å². The van der Waals surface area contributed by atoms with Crippen molar-refractivity contribution in [1.29, 1.82) is 0 Å². The van der Waals surface area contributed by atoms with E-state index in [0.717, 1.165) is 16.7 Å². The predicted molar refractivity (Wildman–Crippen MR) is 112 cm³/mol. The van der Waals surface area contributed by atoms with Crippen molar-refractivity contribution >= 4 is 5.82 Å². The molecule has 3 N–H and O–H groups in total. The van der Waals surface area contributed by atoms with Gasteiger partial charge in [0, 0.05) is 23.9 Å². The van der Waals surface area contributed by atoms with Crippen molar-refractivity contribution in [2.45, 2.75) is 39.9 Å². The highest BCUT2D eigenvalue weighted by molar-refractivity contribution is 5.71. The zero-order valence-electron chi connectivity index (χ0n) is 17.4. The van der Waals surface area contributed by atoms with Crippen LogP contribution in [0.3, 0.4) is 0 Å². The van der Waals surface area contributed by atoms with Crippen molar-refractivity contribution in [3.8, 4) is 22.6 Å². The summed E-state index contributed by atoms with van der Waals surface area (Å²) in [5.74, 6) is -0.366. The van der Waals surface area contributed by atoms with Crippen molar-refractivity contribution in [3.63, 3.8) is 0 Å². The molecule has 0 amide bonds. The molecule has 8 heteroatoms. The van der Waals surface area contributed by atoms with E-state index in [1.807, 2.05) is 6.92 Å². The first-order valence-corrected chi connectivity index (χ1v) is 9.84. The number of ether oxygens (including phenoxy) is 2. The Labute approximate surface area is 179 Å². The van der Waals surface area contributed by atoms with Gasteiger partial charge >= 0.3 is 6.16 Å². The van der Waals surface area contributed by atoms with Crippen LogP contribution in [0.25, 0.3) is 11.1 Å². The Bertz CT molecular complexity index is 1040. The summed E-state index contributed by atoms with van der Waals surface area (Å²) in [6.07, 6.45) is 0.164. The third-order valence-corrected chi connectivity index (χ3v) is 4.36. The molecule has 0 bridgehead atoms. The molecule has 0 saturated heterocycles. The normalized spacial score (nSPS) is 13.4. The smallest absolute Gasteiger partial charge is 0.403 e. The number of aromatic nitrogens is 1. The standard InChI is InChI=1S/C20H16F2N2O4.C3H8/c1-11-7-17-18(28-20(25,26)27-17)8-13(11)12-5-6-19(23-9-12)24-10-14-15(21)3-2-4-16(14)22;1-3-2/h2-9,25-26H,10H2,1H3,(H,23,24);3H2,1-2H3. The summed E-state index contributed by atoms with van der Waals surface area (Å²) >= 11 is 0. The quantitative estimate of drug-likeness (QED) is 0.519. The lowest BCUT2D eigenvalue weighted by molar-refractivity contribution is -0.385. The SMILES string of the molecule is CCC.Cc1cc2c(cc1-c1ccc(NCc3c(F)cccc3F)nc1)OC(O)(O)O2. The lowest BCUT2D eigenvalue weighted by Gasteiger charge is -2.10. The molecule has 1 aromatic heterocycles. The summed E-state index contributed by atoms with van der Waals surface area (Å²) < 4.78 is 37.2. The van der Waals surface area contributed by atoms with Gasteiger partial charge in [0.05, 0.1) is 0 Å². The summed E-state index contributed by atoms with van der Waals surface area (Å²) in [4.78, 5) is 4.27. The first-order valence-electron chi connectivity index (χ1n) is 9.84. The Kier molecular flexibility index (Phi) is 6.72. The monoisotopic (exact) mass is 430 g/mol. The van der Waals surface area contributed by atoms with Crippen LogP contribution in [-0.2, 0) is 6.54 Å². The molecule has 0 atom stereocenters. The second kappa shape index (κ2) is 9.28. The molecule has 0 radical (unpaired) electrons. The number of anilines is 1. The molecular weight excluding hydrogens is 406 g/mol. The van der Waals surface area contributed by atoms with Gasteiger partial charge < -0.3 is 14.8 Å². The lowest BCUT2D eigenvalue weighted by atomic mass is 10.0. The topological polar surface area (TPSA) is 83.8 Å². The van der Waals surface area contributed by atoms with Gasteiger partial charge in [-0.3, -0.25) is 10.2 Å². The van der Waals surface area contributed by atoms with Crippen LogP contribution in [0.2, 0.25) is 0 Å². The lowest BCUT2D eigenvalue weighted by Crippen LogP contribution is -2.37. The third-order valence-electron chi connectivity index (χ3n) is 4.36. The van der Waals surface area contributed by atoms with Crippen LogP contribution in [0.1, 0.15) is 31.4 Å². The van der Waals surface area contributed by atoms with E-state index in [9.17, 15) is 19.0 Å². The van der Waals surface area contributed by atoms with Gasteiger partial charge in [-0.05, 0) is 54.4 Å². The van der Waals surface area contributed by atoms with Crippen LogP contribution >= 0.6 is 0 Å². The van der Waals surface area contributed by atoms with Crippen molar-refractivity contribution < 1.29 is 28.5 Å². The number of hydrogen-bond acceptors (Lipinski definition) is 6. The van der Waals surface area contributed by atoms with Crippen LogP contribution < -0.4 is 14.8 Å². The molecule has 0 unspecified atom stereocenters. The van der Waals surface area contributed by atoms with Crippen molar-refractivity contribution in [1.82, 2.24) is 4.98 Å². The van der Waals surface area contributed by atoms with Gasteiger partial charge in [-0.25, -0.2) is 13.8 Å². The predicted octanol–water partition coefficient (Wildman–Crippen LogP) is 4.73. The number of halogens is 2. The first kappa shape index (κ1) is 22.5. The molecule has 1 aliphatic heterocycles. The van der Waals surface area contributed by atoms with E-state index < -0.39 is 17.8 Å². The number of rotatable bonds is 4. The summed E-state index contributed by atoms with van der Waals surface area (Å²) in [6, 6.07) is 10.4. The van der Waals surface area contributed by atoms with Crippen LogP contribution in [-0.4, -0.2) is 21.4 Å². The van der Waals surface area contributed by atoms with Crippen molar-refractivity contribution in [3.05, 3.63) is 71.4 Å². The molecule has 0 spiro atoms. The average molecular weight is 430 g/mol. The van der Waals surface area contributed by atoms with E-state index in [-0.39, 0.29) is 23.6 Å². The van der Waals surface area contributed by atoms with E-state index in [4.69, 9.17) is 9.47 Å². The minimum absolute atomic E-state index is 0.0387. The first-order chi connectivity index (χ1) is 14.7. The van der Waals surface area contributed by atoms with Crippen molar-refractivity contribution in [2.24, 2.45) is 0 Å². The maximum Gasteiger partial charge on any atom is 0.505 e. The largest absolute Gasteiger partial charge is 0.505 e. The number of hydrogen-bond donors (Lipinski definition) is 3. The maximum atomic E-state index is 13.7. The molecule has 164 valence electrons. The number of nitrogens with zero attached hydrogens (tertiary/aromatic N) is 1. The summed E-state index contributed by atoms with van der Waals surface area (Å²) in [5, 5.41) is 21.8. The molecule has 2 aromatic carbocycles. The van der Waals surface area contributed by atoms with E-state index in [2.05, 4.69) is 24.1 Å². The second-order valence-corrected chi connectivity index (χ2v) is 7.06. The number of nitrogens with one attached hydrogen (secondary N) is 1. The highest BCUT2D eigenvalue weighted by Gasteiger charge is 2.38. The van der Waals surface area contributed by atoms with E-state index in [0.29, 0.717) is 5.82 Å². The molecule has 1 aliphatic rings. The van der Waals surface area contributed by atoms with Crippen LogP contribution in [0.5, 0.6) is 11.5 Å². The molecule has 0 fully saturated rings. The molecule has 3 aromatic rings. The molecule has 4 rings (SSSR count). The number of aryl methyl sites for hydroxylation is 1. The Morgan fingerprint density at radius 3 is 2.19 bits per heavy atom. The van der Waals surface area contributed by atoms with E-state index in [1.54, 1.807) is 30.5 Å². The Hall–Kier alpha value is -3.23. The van der Waals surface area contributed by atoms with Gasteiger partial charge in [0.2, 0.25) is 0 Å². The van der Waals surface area contributed by atoms with Gasteiger partial charge in [0.1, 0.15) is 17.5 Å². The summed E-state index contributed by atoms with van der Waals surface area (Å²) in [5.41, 5.74) is 2.27. The maximum absolute atomic E-state index is 13.7. The molecular formula is C23H24F2N2O4. The summed E-state index contributed by atoms with van der Waals surface area (Å²) in [7, 11) is 0. The average Bonchev–Trinajstić information content (AvgIpc) is 3.01. The Morgan fingerprint density at radius 1 is 1.00 bits per heavy atom. The molecule has 2 heterocycles. The minimum atomic E-state index is -2.68. The van der Waals surface area contributed by atoms with E-state index in [1.165, 1.54) is 24.6 Å². The highest BCUT2D eigenvalue weighted by Crippen LogP contribution is 2.42. The fourth-order valence-electron chi connectivity index (χ4n) is 2.98. The van der Waals surface area contributed by atoms with Gasteiger partial charge in [0.15, 0.2) is 11.5 Å². The van der Waals surface area contributed by atoms with Crippen LogP contribution in [0.4, 0.5) is 14.6 Å². The van der Waals surface area contributed by atoms with E-state index >= 15 is 0 Å². The second-order valence-electron chi connectivity index (χ2n) is 7.06. The third kappa shape index (κ3) is 5.28. The Morgan fingerprint density at radius 2 is 1.61 bits per heavy atom. The molecule has 0 saturated carbocycles. The van der Waals surface area contributed by atoms with Crippen LogP contribution in [0.15, 0.2) is 48.7 Å². The zero-order chi connectivity index (χ0) is 22.6. The molecule has 0 aliphatic carbocycles. The summed E-state index contributed by atoms with van der Waals surface area (Å²) in [6.45, 7) is 6.05. The molecule has 6 nitrogen and oxygen atoms in total. The number of pyridine rings is 1. The number of fused-ring (bicyclic) bond motifs is 1. The number of aliphatic hydroxyl groups is 2. The van der Waals surface area contributed by atoms with Gasteiger partial charge in [-0.1, -0.05) is 26.3 Å². The number of benzene rings is 2. The zero-order valence-corrected chi connectivity index (χ0v) is 17.4. The van der Waals surface area contributed by atoms with Gasteiger partial charge in [0.25, 0.3) is 0 Å². The highest BCUT2D eigenvalue weighted by atomic mass is 19.1. The minimum Gasteiger partial charge on any atom is -0.403 e. The van der Waals surface area contributed by atoms with Crippen LogP contribution in [0, 0.1) is 18.6 Å². The van der Waals surface area contributed by atoms with Gasteiger partial charge in [-0.2, -0.15) is 0 Å². The fourth-order valence-corrected chi connectivity index (χ4v) is 2.98. The fraction of sp³-hybridized carbons (Fsp3) is 0.261. The Balaban J connectivity index is 0.000000858. The van der Waals surface area contributed by atoms with Crippen molar-refractivity contribution in [2.75, 3.05) is 5.32 Å². The molecule has 31 heavy (non-hydrogen) atoms.